The van der Waals surface area contributed by atoms with Gasteiger partial charge in [0, 0.05) is 12.8 Å². The lowest BCUT2D eigenvalue weighted by Crippen LogP contribution is -2.51. The molecule has 0 atom stereocenters. The molecule has 10 nitrogen and oxygen atoms in total. The summed E-state index contributed by atoms with van der Waals surface area (Å²) < 4.78 is 32.4. The molecule has 0 bridgehead atoms. The molecule has 0 unspecified atom stereocenters. The van der Waals surface area contributed by atoms with Gasteiger partial charge in [0.25, 0.3) is 11.8 Å². The van der Waals surface area contributed by atoms with E-state index in [0.717, 1.165) is 11.1 Å². The second kappa shape index (κ2) is 7.82. The van der Waals surface area contributed by atoms with Gasteiger partial charge in [0.05, 0.1) is 24.6 Å². The van der Waals surface area contributed by atoms with E-state index in [4.69, 9.17) is 4.74 Å². The second-order valence-corrected chi connectivity index (χ2v) is 8.43. The Labute approximate surface area is 191 Å². The predicted molar refractivity (Wildman–Crippen MR) is 112 cm³/mol. The minimum Gasteiger partial charge on any atom is -0.482 e. The highest BCUT2D eigenvalue weighted by atomic mass is 19.3. The lowest BCUT2D eigenvalue weighted by atomic mass is 9.80. The lowest BCUT2D eigenvalue weighted by Gasteiger charge is -2.34. The van der Waals surface area contributed by atoms with Crippen LogP contribution in [0.15, 0.2) is 36.7 Å². The molecule has 2 aromatic rings. The molecule has 5 rings (SSSR count). The Morgan fingerprint density at radius 2 is 1.79 bits per heavy atom. The summed E-state index contributed by atoms with van der Waals surface area (Å²) in [6, 6.07) is 6.08. The Morgan fingerprint density at radius 3 is 2.50 bits per heavy atom. The summed E-state index contributed by atoms with van der Waals surface area (Å²) in [7, 11) is 0. The van der Waals surface area contributed by atoms with Crippen molar-refractivity contribution in [3.63, 3.8) is 0 Å². The van der Waals surface area contributed by atoms with Crippen LogP contribution in [0.4, 0.5) is 25.1 Å². The van der Waals surface area contributed by atoms with Crippen LogP contribution in [-0.2, 0) is 9.59 Å². The fourth-order valence-electron chi connectivity index (χ4n) is 4.36. The van der Waals surface area contributed by atoms with Gasteiger partial charge in [-0.25, -0.2) is 23.5 Å². The number of aromatic nitrogens is 2. The van der Waals surface area contributed by atoms with Crippen molar-refractivity contribution in [3.05, 3.63) is 42.4 Å². The molecule has 2 aliphatic heterocycles. The average molecular weight is 471 g/mol. The van der Waals surface area contributed by atoms with Gasteiger partial charge < -0.3 is 10.1 Å². The van der Waals surface area contributed by atoms with Crippen molar-refractivity contribution in [2.45, 2.75) is 37.1 Å². The molecule has 1 aromatic heterocycles. The molecule has 4 amide bonds. The van der Waals surface area contributed by atoms with E-state index in [-0.39, 0.29) is 36.9 Å². The van der Waals surface area contributed by atoms with Crippen LogP contribution in [0.2, 0.25) is 0 Å². The van der Waals surface area contributed by atoms with Crippen LogP contribution in [0.5, 0.6) is 5.75 Å². The van der Waals surface area contributed by atoms with Crippen molar-refractivity contribution in [3.8, 4) is 5.75 Å². The molecule has 3 aliphatic rings. The summed E-state index contributed by atoms with van der Waals surface area (Å²) in [5.74, 6) is -3.92. The highest BCUT2D eigenvalue weighted by Crippen LogP contribution is 2.41. The number of benzene rings is 1. The SMILES string of the molecule is O=C(CN1C(=O)NC2(CCC(F)(F)CC2)C1=O)c1cnc(N2C(=O)COc3ccccc32)cn1. The average Bonchev–Trinajstić information content (AvgIpc) is 3.05. The topological polar surface area (TPSA) is 122 Å². The molecule has 34 heavy (non-hydrogen) atoms. The maximum atomic E-state index is 13.5. The van der Waals surface area contributed by atoms with Crippen molar-refractivity contribution in [1.82, 2.24) is 20.2 Å². The molecule has 12 heteroatoms. The van der Waals surface area contributed by atoms with Gasteiger partial charge >= 0.3 is 6.03 Å². The highest BCUT2D eigenvalue weighted by molar-refractivity contribution is 6.11. The first-order chi connectivity index (χ1) is 16.2. The van der Waals surface area contributed by atoms with E-state index in [1.807, 2.05) is 0 Å². The van der Waals surface area contributed by atoms with E-state index in [2.05, 4.69) is 15.3 Å². The number of urea groups is 1. The summed E-state index contributed by atoms with van der Waals surface area (Å²) in [5.41, 5.74) is -1.04. The Balaban J connectivity index is 1.31. The number of hydrogen-bond donors (Lipinski definition) is 1. The molecule has 1 aromatic carbocycles. The predicted octanol–water partition coefficient (Wildman–Crippen LogP) is 2.22. The Bertz CT molecular complexity index is 1190. The monoisotopic (exact) mass is 471 g/mol. The number of imide groups is 1. The molecular weight excluding hydrogens is 452 g/mol. The third-order valence-electron chi connectivity index (χ3n) is 6.24. The Kier molecular flexibility index (Phi) is 5.03. The van der Waals surface area contributed by atoms with Gasteiger partial charge in [-0.2, -0.15) is 0 Å². The number of fused-ring (bicyclic) bond motifs is 1. The third-order valence-corrected chi connectivity index (χ3v) is 6.24. The van der Waals surface area contributed by atoms with E-state index in [0.29, 0.717) is 11.4 Å². The molecule has 176 valence electrons. The normalized spacial score (nSPS) is 20.7. The molecule has 1 saturated carbocycles. The molecule has 1 saturated heterocycles. The molecule has 3 heterocycles. The highest BCUT2D eigenvalue weighted by Gasteiger charge is 2.55. The standard InChI is InChI=1S/C22H19F2N5O5/c23-22(24)7-5-21(6-8-22)19(32)28(20(33)27-21)11-15(30)13-9-26-17(10-25-13)29-14-3-1-2-4-16(14)34-12-18(29)31/h1-4,9-10H,5-8,11-12H2,(H,27,33). The number of anilines is 2. The number of rotatable bonds is 4. The zero-order chi connectivity index (χ0) is 24.1. The van der Waals surface area contributed by atoms with Gasteiger partial charge in [0.1, 0.15) is 17.0 Å². The van der Waals surface area contributed by atoms with Crippen LogP contribution in [0.1, 0.15) is 36.2 Å². The number of nitrogens with zero attached hydrogens (tertiary/aromatic N) is 4. The summed E-state index contributed by atoms with van der Waals surface area (Å²) >= 11 is 0. The van der Waals surface area contributed by atoms with Crippen molar-refractivity contribution < 1.29 is 32.7 Å². The number of ether oxygens (including phenoxy) is 1. The molecule has 1 aliphatic carbocycles. The number of amides is 4. The van der Waals surface area contributed by atoms with Crippen LogP contribution in [0, 0.1) is 0 Å². The summed E-state index contributed by atoms with van der Waals surface area (Å²) in [4.78, 5) is 60.6. The number of carbonyl (C=O) groups is 4. The number of nitrogens with one attached hydrogen (secondary N) is 1. The van der Waals surface area contributed by atoms with Gasteiger partial charge in [-0.15, -0.1) is 0 Å². The zero-order valence-corrected chi connectivity index (χ0v) is 17.8. The van der Waals surface area contributed by atoms with E-state index < -0.39 is 48.6 Å². The fourth-order valence-corrected chi connectivity index (χ4v) is 4.36. The summed E-state index contributed by atoms with van der Waals surface area (Å²) in [5, 5.41) is 2.49. The second-order valence-electron chi connectivity index (χ2n) is 8.43. The fraction of sp³-hybridized carbons (Fsp3) is 0.364. The van der Waals surface area contributed by atoms with Crippen LogP contribution in [0.3, 0.4) is 0 Å². The smallest absolute Gasteiger partial charge is 0.325 e. The van der Waals surface area contributed by atoms with E-state index in [9.17, 15) is 28.0 Å². The van der Waals surface area contributed by atoms with Crippen molar-refractivity contribution >= 4 is 35.1 Å². The summed E-state index contributed by atoms with van der Waals surface area (Å²) in [6.07, 6.45) is 0.966. The van der Waals surface area contributed by atoms with E-state index >= 15 is 0 Å². The first kappa shape index (κ1) is 21.9. The number of carbonyl (C=O) groups excluding carboxylic acids is 4. The maximum absolute atomic E-state index is 13.5. The van der Waals surface area contributed by atoms with Gasteiger partial charge in [0.2, 0.25) is 11.7 Å². The minimum absolute atomic E-state index is 0.116. The van der Waals surface area contributed by atoms with Crippen molar-refractivity contribution in [2.75, 3.05) is 18.1 Å². The largest absolute Gasteiger partial charge is 0.482 e. The first-order valence-electron chi connectivity index (χ1n) is 10.6. The maximum Gasteiger partial charge on any atom is 0.325 e. The van der Waals surface area contributed by atoms with Gasteiger partial charge in [-0.1, -0.05) is 12.1 Å². The van der Waals surface area contributed by atoms with Crippen LogP contribution in [-0.4, -0.2) is 63.1 Å². The molecular formula is C22H19F2N5O5. The van der Waals surface area contributed by atoms with Gasteiger partial charge in [-0.05, 0) is 25.0 Å². The van der Waals surface area contributed by atoms with Crippen LogP contribution >= 0.6 is 0 Å². The molecule has 2 fully saturated rings. The number of para-hydroxylation sites is 2. The number of ketones is 1. The van der Waals surface area contributed by atoms with Crippen LogP contribution < -0.4 is 15.0 Å². The number of halogens is 2. The van der Waals surface area contributed by atoms with E-state index in [1.165, 1.54) is 11.1 Å². The Morgan fingerprint density at radius 1 is 1.06 bits per heavy atom. The van der Waals surface area contributed by atoms with Crippen molar-refractivity contribution in [1.29, 1.82) is 0 Å². The van der Waals surface area contributed by atoms with E-state index in [1.54, 1.807) is 24.3 Å². The lowest BCUT2D eigenvalue weighted by molar-refractivity contribution is -0.135. The van der Waals surface area contributed by atoms with Gasteiger partial charge in [0.15, 0.2) is 12.4 Å². The number of alkyl halides is 2. The third kappa shape index (κ3) is 3.64. The quantitative estimate of drug-likeness (QED) is 0.536. The minimum atomic E-state index is -2.88. The van der Waals surface area contributed by atoms with Gasteiger partial charge in [-0.3, -0.25) is 24.2 Å². The molecule has 1 spiro atoms. The number of Topliss-reactive ketones (excluding diaryl/α,β-unsaturated/α-hetero) is 1. The Hall–Kier alpha value is -3.96. The molecule has 1 N–H and O–H groups in total. The molecule has 0 radical (unpaired) electrons. The first-order valence-corrected chi connectivity index (χ1v) is 10.6. The summed E-state index contributed by atoms with van der Waals surface area (Å²) in [6.45, 7) is -0.782. The number of hydrogen-bond acceptors (Lipinski definition) is 7. The van der Waals surface area contributed by atoms with Crippen molar-refractivity contribution in [2.24, 2.45) is 0 Å². The van der Waals surface area contributed by atoms with Crippen LogP contribution in [0.25, 0.3) is 0 Å². The zero-order valence-electron chi connectivity index (χ0n) is 17.8.